The van der Waals surface area contributed by atoms with Crippen molar-refractivity contribution in [3.63, 3.8) is 0 Å². The third kappa shape index (κ3) is 5.46. The predicted octanol–water partition coefficient (Wildman–Crippen LogP) is 5.54. The Morgan fingerprint density at radius 2 is 1.56 bits per heavy atom. The quantitative estimate of drug-likeness (QED) is 0.472. The van der Waals surface area contributed by atoms with Crippen molar-refractivity contribution < 1.29 is 17.6 Å². The molecule has 9 heteroatoms. The van der Waals surface area contributed by atoms with E-state index in [1.54, 1.807) is 36.0 Å². The van der Waals surface area contributed by atoms with Crippen molar-refractivity contribution in [2.45, 2.75) is 44.2 Å². The van der Waals surface area contributed by atoms with Gasteiger partial charge < -0.3 is 15.1 Å². The number of hydrogen-bond acceptors (Lipinski definition) is 4. The van der Waals surface area contributed by atoms with Gasteiger partial charge in [0.2, 0.25) is 0 Å². The molecule has 0 unspecified atom stereocenters. The lowest BCUT2D eigenvalue weighted by atomic mass is 9.87. The smallest absolute Gasteiger partial charge is 0.322 e. The van der Waals surface area contributed by atoms with Gasteiger partial charge in [-0.15, -0.1) is 0 Å². The second kappa shape index (κ2) is 9.46. The molecule has 0 fully saturated rings. The molecular formula is C27H31FN4O3S. The predicted molar refractivity (Wildman–Crippen MR) is 141 cm³/mol. The van der Waals surface area contributed by atoms with Gasteiger partial charge >= 0.3 is 6.03 Å². The molecule has 3 aromatic carbocycles. The Hall–Kier alpha value is -3.59. The summed E-state index contributed by atoms with van der Waals surface area (Å²) in [6.07, 6.45) is 0. The first kappa shape index (κ1) is 25.5. The maximum absolute atomic E-state index is 14.0. The molecule has 190 valence electrons. The Bertz CT molecular complexity index is 1400. The van der Waals surface area contributed by atoms with E-state index in [1.807, 2.05) is 24.3 Å². The largest absolute Gasteiger partial charge is 0.375 e. The SMILES string of the molecule is CN(C)c1cc(NS(=O)(=O)c2ccc3c(c2)CN(C(=O)Nc2ccc(C(C)(C)C)cc2)C3)ccc1F. The number of amides is 2. The van der Waals surface area contributed by atoms with Crippen molar-refractivity contribution in [2.75, 3.05) is 29.0 Å². The van der Waals surface area contributed by atoms with E-state index in [9.17, 15) is 17.6 Å². The van der Waals surface area contributed by atoms with E-state index in [0.717, 1.165) is 11.1 Å². The highest BCUT2D eigenvalue weighted by Crippen LogP contribution is 2.29. The molecule has 4 rings (SSSR count). The van der Waals surface area contributed by atoms with Crippen LogP contribution < -0.4 is 14.9 Å². The Balaban J connectivity index is 1.45. The molecule has 2 amide bonds. The van der Waals surface area contributed by atoms with E-state index in [0.29, 0.717) is 18.8 Å². The molecule has 0 bridgehead atoms. The second-order valence-electron chi connectivity index (χ2n) is 10.2. The number of anilines is 3. The van der Waals surface area contributed by atoms with Crippen LogP contribution in [-0.4, -0.2) is 33.4 Å². The summed E-state index contributed by atoms with van der Waals surface area (Å²) in [5.41, 5.74) is 4.10. The molecule has 0 aliphatic carbocycles. The molecule has 1 heterocycles. The highest BCUT2D eigenvalue weighted by Gasteiger charge is 2.26. The number of nitrogens with one attached hydrogen (secondary N) is 2. The second-order valence-corrected chi connectivity index (χ2v) is 11.9. The zero-order valence-corrected chi connectivity index (χ0v) is 21.9. The number of rotatable bonds is 5. The first-order chi connectivity index (χ1) is 16.8. The Kier molecular flexibility index (Phi) is 6.70. The zero-order chi connectivity index (χ0) is 26.3. The first-order valence-corrected chi connectivity index (χ1v) is 13.1. The van der Waals surface area contributed by atoms with Gasteiger partial charge in [-0.1, -0.05) is 39.0 Å². The molecule has 0 aromatic heterocycles. The van der Waals surface area contributed by atoms with E-state index < -0.39 is 15.8 Å². The standard InChI is InChI=1S/C27H31FN4O3S/c1-27(2,3)20-7-9-21(10-8-20)29-26(33)32-16-18-6-12-23(14-19(18)17-32)36(34,35)30-22-11-13-24(28)25(15-22)31(4)5/h6-15,30H,16-17H2,1-5H3,(H,29,33). The molecule has 7 nitrogen and oxygen atoms in total. The van der Waals surface area contributed by atoms with Gasteiger partial charge in [0, 0.05) is 32.9 Å². The van der Waals surface area contributed by atoms with Crippen molar-refractivity contribution in [2.24, 2.45) is 0 Å². The highest BCUT2D eigenvalue weighted by atomic mass is 32.2. The maximum atomic E-state index is 14.0. The van der Waals surface area contributed by atoms with Gasteiger partial charge in [-0.2, -0.15) is 0 Å². The summed E-state index contributed by atoms with van der Waals surface area (Å²) in [6.45, 7) is 7.08. The van der Waals surface area contributed by atoms with E-state index in [2.05, 4.69) is 30.8 Å². The molecule has 0 spiro atoms. The van der Waals surface area contributed by atoms with Gasteiger partial charge in [0.15, 0.2) is 0 Å². The lowest BCUT2D eigenvalue weighted by Crippen LogP contribution is -2.30. The topological polar surface area (TPSA) is 81.8 Å². The van der Waals surface area contributed by atoms with Crippen molar-refractivity contribution in [1.82, 2.24) is 4.90 Å². The van der Waals surface area contributed by atoms with Gasteiger partial charge in [0.05, 0.1) is 16.3 Å². The summed E-state index contributed by atoms with van der Waals surface area (Å²) >= 11 is 0. The monoisotopic (exact) mass is 510 g/mol. The number of fused-ring (bicyclic) bond motifs is 1. The fourth-order valence-corrected chi connectivity index (χ4v) is 5.17. The lowest BCUT2D eigenvalue weighted by Gasteiger charge is -2.20. The summed E-state index contributed by atoms with van der Waals surface area (Å²) in [5, 5.41) is 2.92. The fraction of sp³-hybridized carbons (Fsp3) is 0.296. The number of carbonyl (C=O) groups is 1. The van der Waals surface area contributed by atoms with Gasteiger partial charge in [0.1, 0.15) is 5.82 Å². The van der Waals surface area contributed by atoms with Crippen LogP contribution in [0, 0.1) is 5.82 Å². The van der Waals surface area contributed by atoms with Gasteiger partial charge in [-0.05, 0) is 64.6 Å². The molecule has 1 aliphatic heterocycles. The van der Waals surface area contributed by atoms with E-state index in [4.69, 9.17) is 0 Å². The minimum Gasteiger partial charge on any atom is -0.375 e. The number of carbonyl (C=O) groups excluding carboxylic acids is 1. The van der Waals surface area contributed by atoms with Crippen LogP contribution in [0.15, 0.2) is 65.6 Å². The van der Waals surface area contributed by atoms with Gasteiger partial charge in [0.25, 0.3) is 10.0 Å². The van der Waals surface area contributed by atoms with Crippen LogP contribution >= 0.6 is 0 Å². The van der Waals surface area contributed by atoms with Crippen molar-refractivity contribution in [3.05, 3.63) is 83.2 Å². The summed E-state index contributed by atoms with van der Waals surface area (Å²) in [4.78, 5) is 16.1. The average molecular weight is 511 g/mol. The molecule has 0 saturated heterocycles. The zero-order valence-electron chi connectivity index (χ0n) is 21.1. The summed E-state index contributed by atoms with van der Waals surface area (Å²) in [5.74, 6) is -0.441. The van der Waals surface area contributed by atoms with Crippen LogP contribution in [0.4, 0.5) is 26.2 Å². The van der Waals surface area contributed by atoms with Crippen molar-refractivity contribution in [3.8, 4) is 0 Å². The van der Waals surface area contributed by atoms with Gasteiger partial charge in [-0.3, -0.25) is 4.72 Å². The van der Waals surface area contributed by atoms with Crippen LogP contribution in [0.25, 0.3) is 0 Å². The molecular weight excluding hydrogens is 479 g/mol. The number of halogens is 1. The summed E-state index contributed by atoms with van der Waals surface area (Å²) in [6, 6.07) is 16.4. The van der Waals surface area contributed by atoms with Crippen molar-refractivity contribution in [1.29, 1.82) is 0 Å². The van der Waals surface area contributed by atoms with Crippen LogP contribution in [0.3, 0.4) is 0 Å². The number of hydrogen-bond donors (Lipinski definition) is 2. The molecule has 2 N–H and O–H groups in total. The molecule has 0 radical (unpaired) electrons. The van der Waals surface area contributed by atoms with E-state index in [-0.39, 0.29) is 27.7 Å². The Labute approximate surface area is 212 Å². The molecule has 1 aliphatic rings. The van der Waals surface area contributed by atoms with Crippen LogP contribution in [-0.2, 0) is 28.5 Å². The number of benzene rings is 3. The minimum atomic E-state index is -3.90. The van der Waals surface area contributed by atoms with Crippen molar-refractivity contribution >= 4 is 33.1 Å². The first-order valence-electron chi connectivity index (χ1n) is 11.6. The van der Waals surface area contributed by atoms with Crippen LogP contribution in [0.2, 0.25) is 0 Å². The fourth-order valence-electron chi connectivity index (χ4n) is 4.07. The molecule has 3 aromatic rings. The maximum Gasteiger partial charge on any atom is 0.322 e. The number of urea groups is 1. The summed E-state index contributed by atoms with van der Waals surface area (Å²) < 4.78 is 42.5. The van der Waals surface area contributed by atoms with E-state index >= 15 is 0 Å². The molecule has 0 saturated carbocycles. The average Bonchev–Trinajstić information content (AvgIpc) is 3.23. The summed E-state index contributed by atoms with van der Waals surface area (Å²) in [7, 11) is -0.542. The molecule has 36 heavy (non-hydrogen) atoms. The Morgan fingerprint density at radius 3 is 2.19 bits per heavy atom. The third-order valence-electron chi connectivity index (χ3n) is 6.18. The van der Waals surface area contributed by atoms with Crippen LogP contribution in [0.5, 0.6) is 0 Å². The Morgan fingerprint density at radius 1 is 0.917 bits per heavy atom. The lowest BCUT2D eigenvalue weighted by molar-refractivity contribution is 0.212. The van der Waals surface area contributed by atoms with E-state index in [1.165, 1.54) is 29.8 Å². The minimum absolute atomic E-state index is 0.0252. The van der Waals surface area contributed by atoms with Gasteiger partial charge in [-0.25, -0.2) is 17.6 Å². The van der Waals surface area contributed by atoms with Crippen LogP contribution in [0.1, 0.15) is 37.5 Å². The highest BCUT2D eigenvalue weighted by molar-refractivity contribution is 7.92. The molecule has 0 atom stereocenters. The normalized spacial score (nSPS) is 13.3. The number of nitrogens with zero attached hydrogens (tertiary/aromatic N) is 2. The number of sulfonamides is 1. The third-order valence-corrected chi connectivity index (χ3v) is 7.56.